The molecule has 0 saturated heterocycles. The highest BCUT2D eigenvalue weighted by Crippen LogP contribution is 2.35. The standard InChI is InChI=1S/C28H24FN7O3/c1-14-18(15(2)37)5-6-20-19(14)7-8-22(20)34-28(39)25-10-24(33-26-21(29)13-32-36(25)26)27(38)30-11-16-3-4-17-12-31-35-23(17)9-16/h3-6,9-10,12-13,22H,7-8,11H2,1-2H3,(H,30,38)(H,31,35)(H,34,39)/t22-/m0/s1. The molecule has 0 fully saturated rings. The van der Waals surface area contributed by atoms with Gasteiger partial charge in [0.15, 0.2) is 17.2 Å². The van der Waals surface area contributed by atoms with E-state index < -0.39 is 17.6 Å². The topological polar surface area (TPSA) is 134 Å². The fourth-order valence-corrected chi connectivity index (χ4v) is 5.22. The van der Waals surface area contributed by atoms with Crippen molar-refractivity contribution < 1.29 is 18.8 Å². The van der Waals surface area contributed by atoms with Crippen molar-refractivity contribution in [3.05, 3.63) is 93.8 Å². The summed E-state index contributed by atoms with van der Waals surface area (Å²) in [4.78, 5) is 42.5. The SMILES string of the molecule is CC(=O)c1ccc2c(c1C)CC[C@@H]2NC(=O)c1cc(C(=O)NCc2ccc3cn[nH]c3c2)nc2c(F)cnn12. The Morgan fingerprint density at radius 3 is 2.79 bits per heavy atom. The Morgan fingerprint density at radius 1 is 1.13 bits per heavy atom. The lowest BCUT2D eigenvalue weighted by atomic mass is 9.96. The third-order valence-electron chi connectivity index (χ3n) is 7.23. The van der Waals surface area contributed by atoms with Crippen LogP contribution >= 0.6 is 0 Å². The summed E-state index contributed by atoms with van der Waals surface area (Å²) in [5, 5.41) is 17.5. The second kappa shape index (κ2) is 9.43. The molecule has 1 aliphatic carbocycles. The van der Waals surface area contributed by atoms with Crippen molar-refractivity contribution in [2.75, 3.05) is 0 Å². The lowest BCUT2D eigenvalue weighted by molar-refractivity contribution is 0.0927. The van der Waals surface area contributed by atoms with Gasteiger partial charge in [0.1, 0.15) is 11.4 Å². The summed E-state index contributed by atoms with van der Waals surface area (Å²) < 4.78 is 15.6. The zero-order chi connectivity index (χ0) is 27.3. The van der Waals surface area contributed by atoms with Crippen molar-refractivity contribution in [1.29, 1.82) is 0 Å². The van der Waals surface area contributed by atoms with Crippen LogP contribution in [-0.2, 0) is 13.0 Å². The van der Waals surface area contributed by atoms with Gasteiger partial charge in [-0.2, -0.15) is 10.2 Å². The smallest absolute Gasteiger partial charge is 0.270 e. The molecular formula is C28H24FN7O3. The van der Waals surface area contributed by atoms with Gasteiger partial charge in [-0.15, -0.1) is 0 Å². The van der Waals surface area contributed by atoms with Gasteiger partial charge in [-0.25, -0.2) is 13.9 Å². The van der Waals surface area contributed by atoms with Crippen molar-refractivity contribution in [3.8, 4) is 0 Å². The van der Waals surface area contributed by atoms with Crippen molar-refractivity contribution in [2.45, 2.75) is 39.3 Å². The number of carbonyl (C=O) groups excluding carboxylic acids is 3. The average molecular weight is 526 g/mol. The molecule has 1 atom stereocenters. The predicted molar refractivity (Wildman–Crippen MR) is 140 cm³/mol. The third kappa shape index (κ3) is 4.31. The summed E-state index contributed by atoms with van der Waals surface area (Å²) in [6.45, 7) is 3.65. The van der Waals surface area contributed by atoms with Gasteiger partial charge < -0.3 is 10.6 Å². The summed E-state index contributed by atoms with van der Waals surface area (Å²) in [6, 6.07) is 10.3. The number of halogens is 1. The Hall–Kier alpha value is -4.93. The normalized spacial score (nSPS) is 14.5. The van der Waals surface area contributed by atoms with E-state index in [4.69, 9.17) is 0 Å². The first-order valence-corrected chi connectivity index (χ1v) is 12.5. The highest BCUT2D eigenvalue weighted by Gasteiger charge is 2.29. The van der Waals surface area contributed by atoms with E-state index in [2.05, 4.69) is 30.9 Å². The van der Waals surface area contributed by atoms with Crippen molar-refractivity contribution in [3.63, 3.8) is 0 Å². The molecule has 0 saturated carbocycles. The number of aromatic amines is 1. The summed E-state index contributed by atoms with van der Waals surface area (Å²) in [6.07, 6.45) is 4.03. The minimum Gasteiger partial charge on any atom is -0.347 e. The fraction of sp³-hybridized carbons (Fsp3) is 0.214. The summed E-state index contributed by atoms with van der Waals surface area (Å²) in [5.41, 5.74) is 4.90. The Bertz CT molecular complexity index is 1810. The molecular weight excluding hydrogens is 501 g/mol. The van der Waals surface area contributed by atoms with Gasteiger partial charge >= 0.3 is 0 Å². The van der Waals surface area contributed by atoms with E-state index in [0.717, 1.165) is 43.9 Å². The molecule has 11 heteroatoms. The van der Waals surface area contributed by atoms with Crippen molar-refractivity contribution in [1.82, 2.24) is 35.4 Å². The fourth-order valence-electron chi connectivity index (χ4n) is 5.22. The number of hydrogen-bond acceptors (Lipinski definition) is 6. The average Bonchev–Trinajstić information content (AvgIpc) is 3.65. The van der Waals surface area contributed by atoms with Crippen LogP contribution in [0.4, 0.5) is 4.39 Å². The van der Waals surface area contributed by atoms with Gasteiger partial charge in [0.05, 0.1) is 24.0 Å². The van der Waals surface area contributed by atoms with E-state index in [1.807, 2.05) is 31.2 Å². The number of nitrogens with one attached hydrogen (secondary N) is 3. The number of H-pyrrole nitrogens is 1. The number of Topliss-reactive ketones (excluding diaryl/α,β-unsaturated/α-hetero) is 1. The summed E-state index contributed by atoms with van der Waals surface area (Å²) in [7, 11) is 0. The number of benzene rings is 2. The number of amides is 2. The first kappa shape index (κ1) is 24.4. The van der Waals surface area contributed by atoms with Gasteiger partial charge in [0.25, 0.3) is 11.8 Å². The van der Waals surface area contributed by atoms with Crippen LogP contribution < -0.4 is 10.6 Å². The van der Waals surface area contributed by atoms with E-state index in [1.54, 1.807) is 12.3 Å². The van der Waals surface area contributed by atoms with Gasteiger partial charge in [-0.05, 0) is 55.0 Å². The maximum Gasteiger partial charge on any atom is 0.270 e. The third-order valence-corrected chi connectivity index (χ3v) is 7.23. The highest BCUT2D eigenvalue weighted by molar-refractivity contribution is 5.99. The second-order valence-electron chi connectivity index (χ2n) is 9.66. The van der Waals surface area contributed by atoms with Gasteiger partial charge in [0.2, 0.25) is 0 Å². The van der Waals surface area contributed by atoms with E-state index in [-0.39, 0.29) is 35.4 Å². The van der Waals surface area contributed by atoms with Crippen LogP contribution in [0.15, 0.2) is 48.8 Å². The second-order valence-corrected chi connectivity index (χ2v) is 9.66. The number of carbonyl (C=O) groups is 3. The van der Waals surface area contributed by atoms with E-state index >= 15 is 0 Å². The largest absolute Gasteiger partial charge is 0.347 e. The first-order chi connectivity index (χ1) is 18.8. The summed E-state index contributed by atoms with van der Waals surface area (Å²) >= 11 is 0. The molecule has 0 radical (unpaired) electrons. The molecule has 0 aliphatic heterocycles. The molecule has 3 N–H and O–H groups in total. The van der Waals surface area contributed by atoms with E-state index in [1.165, 1.54) is 13.0 Å². The van der Waals surface area contributed by atoms with Crippen LogP contribution in [0, 0.1) is 12.7 Å². The van der Waals surface area contributed by atoms with Crippen LogP contribution in [0.3, 0.4) is 0 Å². The van der Waals surface area contributed by atoms with E-state index in [9.17, 15) is 18.8 Å². The Balaban J connectivity index is 1.26. The minimum atomic E-state index is -0.748. The van der Waals surface area contributed by atoms with Crippen LogP contribution in [0.1, 0.15) is 73.0 Å². The van der Waals surface area contributed by atoms with Gasteiger partial charge in [-0.3, -0.25) is 19.5 Å². The maximum atomic E-state index is 14.5. The Morgan fingerprint density at radius 2 is 1.97 bits per heavy atom. The number of rotatable bonds is 6. The monoisotopic (exact) mass is 525 g/mol. The number of fused-ring (bicyclic) bond motifs is 3. The molecule has 3 aromatic heterocycles. The quantitative estimate of drug-likeness (QED) is 0.290. The van der Waals surface area contributed by atoms with Crippen molar-refractivity contribution >= 4 is 34.1 Å². The highest BCUT2D eigenvalue weighted by atomic mass is 19.1. The predicted octanol–water partition coefficient (Wildman–Crippen LogP) is 3.60. The minimum absolute atomic E-state index is 0.00432. The molecule has 3 heterocycles. The van der Waals surface area contributed by atoms with Crippen LogP contribution in [-0.4, -0.2) is 42.4 Å². The molecule has 0 spiro atoms. The lowest BCUT2D eigenvalue weighted by Gasteiger charge is -2.16. The summed E-state index contributed by atoms with van der Waals surface area (Å²) in [5.74, 6) is -1.83. The van der Waals surface area contributed by atoms with Crippen LogP contribution in [0.5, 0.6) is 0 Å². The molecule has 2 amide bonds. The van der Waals surface area contributed by atoms with Gasteiger partial charge in [0, 0.05) is 23.6 Å². The molecule has 5 aromatic rings. The molecule has 196 valence electrons. The Labute approximate surface area is 221 Å². The molecule has 39 heavy (non-hydrogen) atoms. The molecule has 0 bridgehead atoms. The number of ketones is 1. The molecule has 1 aliphatic rings. The zero-order valence-electron chi connectivity index (χ0n) is 21.2. The lowest BCUT2D eigenvalue weighted by Crippen LogP contribution is -2.30. The Kier molecular flexibility index (Phi) is 5.90. The van der Waals surface area contributed by atoms with Crippen molar-refractivity contribution in [2.24, 2.45) is 0 Å². The van der Waals surface area contributed by atoms with Crippen LogP contribution in [0.25, 0.3) is 16.6 Å². The number of aromatic nitrogens is 5. The first-order valence-electron chi connectivity index (χ1n) is 12.5. The van der Waals surface area contributed by atoms with E-state index in [0.29, 0.717) is 18.4 Å². The maximum absolute atomic E-state index is 14.5. The number of hydrogen-bond donors (Lipinski definition) is 3. The van der Waals surface area contributed by atoms with Gasteiger partial charge in [-0.1, -0.05) is 24.3 Å². The molecule has 10 nitrogen and oxygen atoms in total. The number of nitrogens with zero attached hydrogens (tertiary/aromatic N) is 4. The zero-order valence-corrected chi connectivity index (χ0v) is 21.2. The van der Waals surface area contributed by atoms with Crippen LogP contribution in [0.2, 0.25) is 0 Å². The molecule has 0 unspecified atom stereocenters. The molecule has 2 aromatic carbocycles. The molecule has 6 rings (SSSR count).